The van der Waals surface area contributed by atoms with Crippen molar-refractivity contribution in [3.05, 3.63) is 28.6 Å². The van der Waals surface area contributed by atoms with Gasteiger partial charge in [-0.05, 0) is 0 Å². The zero-order chi connectivity index (χ0) is 19.7. The Balaban J connectivity index is 2.08. The van der Waals surface area contributed by atoms with Crippen molar-refractivity contribution in [1.82, 2.24) is 0 Å². The summed E-state index contributed by atoms with van der Waals surface area (Å²) in [7, 11) is 2.66. The van der Waals surface area contributed by atoms with Gasteiger partial charge in [0, 0.05) is 12.1 Å². The number of hydrogen-bond donors (Lipinski definition) is 4. The lowest BCUT2D eigenvalue weighted by atomic mass is 9.99. The van der Waals surface area contributed by atoms with E-state index in [0.717, 1.165) is 0 Å². The van der Waals surface area contributed by atoms with Gasteiger partial charge >= 0.3 is 0 Å². The van der Waals surface area contributed by atoms with Crippen molar-refractivity contribution in [2.24, 2.45) is 0 Å². The molecule has 1 aromatic heterocycles. The minimum absolute atomic E-state index is 0.0179. The van der Waals surface area contributed by atoms with Gasteiger partial charge in [-0.1, -0.05) is 0 Å². The third-order valence-corrected chi connectivity index (χ3v) is 4.33. The first-order valence-corrected chi connectivity index (χ1v) is 8.06. The first kappa shape index (κ1) is 19.4. The second-order valence-corrected chi connectivity index (χ2v) is 5.91. The quantitative estimate of drug-likeness (QED) is 0.505. The van der Waals surface area contributed by atoms with Crippen molar-refractivity contribution >= 4 is 11.0 Å². The highest BCUT2D eigenvalue weighted by Gasteiger charge is 2.45. The lowest BCUT2D eigenvalue weighted by Crippen LogP contribution is -2.60. The van der Waals surface area contributed by atoms with Crippen LogP contribution in [-0.2, 0) is 4.74 Å². The first-order valence-electron chi connectivity index (χ1n) is 8.06. The maximum Gasteiger partial charge on any atom is 0.229 e. The molecule has 0 bridgehead atoms. The monoisotopic (exact) mass is 384 g/mol. The summed E-state index contributed by atoms with van der Waals surface area (Å²) in [4.78, 5) is 12.2. The Morgan fingerprint density at radius 1 is 1.07 bits per heavy atom. The standard InChI is InChI=1S/C17H20O10/c1-23-9-5-8-11(7(19)3-4-25-8)16(24-2)15(9)27-17-14(22)13(21)12(20)10(6-18)26-17/h3-5,10,12-14,17-18,20-22H,6H2,1-2H3. The average Bonchev–Trinajstić information content (AvgIpc) is 2.68. The molecule has 10 nitrogen and oxygen atoms in total. The number of rotatable bonds is 5. The highest BCUT2D eigenvalue weighted by Crippen LogP contribution is 2.43. The van der Waals surface area contributed by atoms with Crippen LogP contribution in [-0.4, -0.2) is 72.0 Å². The first-order chi connectivity index (χ1) is 12.9. The van der Waals surface area contributed by atoms with Crippen LogP contribution in [0.5, 0.6) is 17.2 Å². The molecule has 0 amide bonds. The predicted molar refractivity (Wildman–Crippen MR) is 90.0 cm³/mol. The summed E-state index contributed by atoms with van der Waals surface area (Å²) >= 11 is 0. The second-order valence-electron chi connectivity index (χ2n) is 5.91. The number of fused-ring (bicyclic) bond motifs is 1. The molecule has 2 aromatic rings. The maximum atomic E-state index is 12.2. The van der Waals surface area contributed by atoms with Gasteiger partial charge in [0.1, 0.15) is 35.4 Å². The smallest absolute Gasteiger partial charge is 0.229 e. The lowest BCUT2D eigenvalue weighted by molar-refractivity contribution is -0.277. The molecule has 1 saturated heterocycles. The average molecular weight is 384 g/mol. The van der Waals surface area contributed by atoms with E-state index >= 15 is 0 Å². The Hall–Kier alpha value is -2.37. The van der Waals surface area contributed by atoms with Gasteiger partial charge in [-0.15, -0.1) is 0 Å². The molecule has 3 rings (SSSR count). The van der Waals surface area contributed by atoms with Gasteiger partial charge in [0.2, 0.25) is 12.0 Å². The van der Waals surface area contributed by atoms with Gasteiger partial charge in [-0.3, -0.25) is 4.79 Å². The van der Waals surface area contributed by atoms with E-state index in [1.54, 1.807) is 0 Å². The van der Waals surface area contributed by atoms with Crippen molar-refractivity contribution < 1.29 is 43.8 Å². The van der Waals surface area contributed by atoms with Gasteiger partial charge < -0.3 is 43.8 Å². The van der Waals surface area contributed by atoms with Crippen LogP contribution in [0.2, 0.25) is 0 Å². The summed E-state index contributed by atoms with van der Waals surface area (Å²) in [6, 6.07) is 2.60. The molecule has 10 heteroatoms. The van der Waals surface area contributed by atoms with Crippen molar-refractivity contribution in [1.29, 1.82) is 0 Å². The van der Waals surface area contributed by atoms with E-state index in [2.05, 4.69) is 0 Å². The minimum Gasteiger partial charge on any atom is -0.493 e. The molecule has 0 saturated carbocycles. The summed E-state index contributed by atoms with van der Waals surface area (Å²) < 4.78 is 26.8. The molecule has 27 heavy (non-hydrogen) atoms. The highest BCUT2D eigenvalue weighted by molar-refractivity contribution is 5.88. The number of benzene rings is 1. The maximum absolute atomic E-state index is 12.2. The van der Waals surface area contributed by atoms with Crippen molar-refractivity contribution in [2.45, 2.75) is 30.7 Å². The molecule has 1 fully saturated rings. The molecule has 0 aliphatic carbocycles. The van der Waals surface area contributed by atoms with E-state index in [4.69, 9.17) is 23.4 Å². The van der Waals surface area contributed by atoms with Gasteiger partial charge in [0.15, 0.2) is 16.9 Å². The largest absolute Gasteiger partial charge is 0.493 e. The fourth-order valence-electron chi connectivity index (χ4n) is 2.91. The number of methoxy groups -OCH3 is 2. The Labute approximate surface area is 153 Å². The molecule has 5 unspecified atom stereocenters. The van der Waals surface area contributed by atoms with Crippen LogP contribution < -0.4 is 19.6 Å². The summed E-state index contributed by atoms with van der Waals surface area (Å²) in [6.07, 6.45) is -6.20. The molecule has 2 heterocycles. The molecule has 4 N–H and O–H groups in total. The summed E-state index contributed by atoms with van der Waals surface area (Å²) in [5, 5.41) is 39.3. The molecule has 0 spiro atoms. The van der Waals surface area contributed by atoms with Crippen molar-refractivity contribution in [3.8, 4) is 17.2 Å². The van der Waals surface area contributed by atoms with E-state index in [1.165, 1.54) is 32.6 Å². The molecule has 148 valence electrons. The summed E-state index contributed by atoms with van der Waals surface area (Å²) in [5.74, 6) is 0.0247. The molecular weight excluding hydrogens is 364 g/mol. The van der Waals surface area contributed by atoms with Crippen molar-refractivity contribution in [2.75, 3.05) is 20.8 Å². The normalized spacial score (nSPS) is 28.1. The molecule has 0 radical (unpaired) electrons. The number of hydrogen-bond acceptors (Lipinski definition) is 10. The van der Waals surface area contributed by atoms with Crippen LogP contribution in [0.3, 0.4) is 0 Å². The van der Waals surface area contributed by atoms with E-state index in [-0.39, 0.29) is 28.2 Å². The number of aliphatic hydroxyl groups excluding tert-OH is 4. The van der Waals surface area contributed by atoms with Gasteiger partial charge in [-0.25, -0.2) is 0 Å². The fourth-order valence-corrected chi connectivity index (χ4v) is 2.91. The zero-order valence-electron chi connectivity index (χ0n) is 14.6. The van der Waals surface area contributed by atoms with Crippen LogP contribution in [0.15, 0.2) is 27.6 Å². The molecule has 5 atom stereocenters. The topological polar surface area (TPSA) is 148 Å². The number of ether oxygens (including phenoxy) is 4. The third kappa shape index (κ3) is 3.33. The van der Waals surface area contributed by atoms with Crippen LogP contribution in [0.1, 0.15) is 0 Å². The predicted octanol–water partition coefficient (Wildman–Crippen LogP) is -1.01. The fraction of sp³-hybridized carbons (Fsp3) is 0.471. The summed E-state index contributed by atoms with van der Waals surface area (Å²) in [6.45, 7) is -0.611. The third-order valence-electron chi connectivity index (χ3n) is 4.33. The Morgan fingerprint density at radius 2 is 1.81 bits per heavy atom. The summed E-state index contributed by atoms with van der Waals surface area (Å²) in [5.41, 5.74) is -0.202. The lowest BCUT2D eigenvalue weighted by Gasteiger charge is -2.39. The van der Waals surface area contributed by atoms with E-state index in [0.29, 0.717) is 0 Å². The molecule has 1 aliphatic heterocycles. The Morgan fingerprint density at radius 3 is 2.44 bits per heavy atom. The van der Waals surface area contributed by atoms with Gasteiger partial charge in [0.05, 0.1) is 27.1 Å². The molecule has 1 aromatic carbocycles. The van der Waals surface area contributed by atoms with E-state index in [1.807, 2.05) is 0 Å². The zero-order valence-corrected chi connectivity index (χ0v) is 14.6. The van der Waals surface area contributed by atoms with Crippen LogP contribution >= 0.6 is 0 Å². The van der Waals surface area contributed by atoms with Gasteiger partial charge in [-0.2, -0.15) is 0 Å². The number of aliphatic hydroxyl groups is 4. The van der Waals surface area contributed by atoms with E-state index < -0.39 is 42.7 Å². The van der Waals surface area contributed by atoms with Crippen LogP contribution in [0.25, 0.3) is 11.0 Å². The van der Waals surface area contributed by atoms with Gasteiger partial charge in [0.25, 0.3) is 0 Å². The SMILES string of the molecule is COc1cc2occc(=O)c2c(OC)c1OC1OC(CO)C(O)C(O)C1O. The van der Waals surface area contributed by atoms with Crippen molar-refractivity contribution in [3.63, 3.8) is 0 Å². The minimum atomic E-state index is -1.64. The Bertz CT molecular complexity index is 861. The second kappa shape index (κ2) is 7.71. The molecular formula is C17H20O10. The van der Waals surface area contributed by atoms with Crippen LogP contribution in [0, 0.1) is 0 Å². The molecule has 1 aliphatic rings. The highest BCUT2D eigenvalue weighted by atomic mass is 16.7. The Kier molecular flexibility index (Phi) is 5.53. The van der Waals surface area contributed by atoms with Crippen LogP contribution in [0.4, 0.5) is 0 Å². The van der Waals surface area contributed by atoms with E-state index in [9.17, 15) is 25.2 Å².